The molecule has 0 aliphatic rings. The Bertz CT molecular complexity index is 540. The van der Waals surface area contributed by atoms with Gasteiger partial charge < -0.3 is 15.5 Å². The SMILES string of the molecule is CCNC(=NCc1nc(C)c(C)s1)N(C)CC(=O)NC(C)(C)C. The number of carbonyl (C=O) groups excluding carboxylic acids is 1. The minimum absolute atomic E-state index is 0.0217. The minimum atomic E-state index is -0.233. The van der Waals surface area contributed by atoms with Crippen molar-refractivity contribution in [1.29, 1.82) is 0 Å². The largest absolute Gasteiger partial charge is 0.357 e. The summed E-state index contributed by atoms with van der Waals surface area (Å²) in [5.41, 5.74) is 0.826. The van der Waals surface area contributed by atoms with Crippen molar-refractivity contribution in [2.45, 2.75) is 53.6 Å². The van der Waals surface area contributed by atoms with E-state index in [1.54, 1.807) is 11.3 Å². The molecule has 1 aromatic heterocycles. The van der Waals surface area contributed by atoms with Gasteiger partial charge in [-0.25, -0.2) is 9.98 Å². The molecule has 0 radical (unpaired) electrons. The van der Waals surface area contributed by atoms with Crippen LogP contribution in [0.2, 0.25) is 0 Å². The first-order valence-corrected chi connectivity index (χ1v) is 8.67. The highest BCUT2D eigenvalue weighted by molar-refractivity contribution is 7.11. The number of thiazole rings is 1. The highest BCUT2D eigenvalue weighted by Crippen LogP contribution is 2.17. The Hall–Kier alpha value is -1.63. The third-order valence-electron chi connectivity index (χ3n) is 3.03. The lowest BCUT2D eigenvalue weighted by Crippen LogP contribution is -2.48. The molecule has 1 rings (SSSR count). The second-order valence-electron chi connectivity index (χ2n) is 6.57. The second-order valence-corrected chi connectivity index (χ2v) is 7.86. The molecule has 6 nitrogen and oxygen atoms in total. The zero-order valence-corrected chi connectivity index (χ0v) is 16.1. The van der Waals surface area contributed by atoms with Crippen molar-refractivity contribution in [3.05, 3.63) is 15.6 Å². The number of amides is 1. The number of carbonyl (C=O) groups is 1. The molecule has 0 bridgehead atoms. The number of hydrogen-bond donors (Lipinski definition) is 2. The molecule has 0 saturated carbocycles. The Kier molecular flexibility index (Phi) is 7.00. The molecular weight excluding hydrogens is 310 g/mol. The Morgan fingerprint density at radius 3 is 2.48 bits per heavy atom. The monoisotopic (exact) mass is 339 g/mol. The van der Waals surface area contributed by atoms with Crippen molar-refractivity contribution in [1.82, 2.24) is 20.5 Å². The maximum absolute atomic E-state index is 12.1. The maximum Gasteiger partial charge on any atom is 0.240 e. The van der Waals surface area contributed by atoms with Gasteiger partial charge in [0, 0.05) is 24.0 Å². The van der Waals surface area contributed by atoms with E-state index in [1.807, 2.05) is 46.6 Å². The van der Waals surface area contributed by atoms with Crippen LogP contribution in [-0.4, -0.2) is 47.4 Å². The van der Waals surface area contributed by atoms with Gasteiger partial charge >= 0.3 is 0 Å². The minimum Gasteiger partial charge on any atom is -0.357 e. The van der Waals surface area contributed by atoms with Crippen molar-refractivity contribution in [3.8, 4) is 0 Å². The van der Waals surface area contributed by atoms with Gasteiger partial charge in [-0.3, -0.25) is 4.79 Å². The quantitative estimate of drug-likeness (QED) is 0.636. The van der Waals surface area contributed by atoms with E-state index in [-0.39, 0.29) is 18.0 Å². The molecule has 0 aliphatic heterocycles. The summed E-state index contributed by atoms with van der Waals surface area (Å²) >= 11 is 1.66. The summed E-state index contributed by atoms with van der Waals surface area (Å²) in [4.78, 5) is 24.2. The third kappa shape index (κ3) is 6.99. The topological polar surface area (TPSA) is 69.6 Å². The first kappa shape index (κ1) is 19.4. The van der Waals surface area contributed by atoms with Crippen LogP contribution in [0.5, 0.6) is 0 Å². The van der Waals surface area contributed by atoms with E-state index in [9.17, 15) is 4.79 Å². The number of nitrogens with one attached hydrogen (secondary N) is 2. The molecule has 0 unspecified atom stereocenters. The first-order chi connectivity index (χ1) is 10.6. The molecule has 0 saturated heterocycles. The number of likely N-dealkylation sites (N-methyl/N-ethyl adjacent to an activating group) is 1. The normalized spacial score (nSPS) is 12.2. The summed E-state index contributed by atoms with van der Waals surface area (Å²) in [6.45, 7) is 13.5. The Labute approximate surface area is 143 Å². The summed E-state index contributed by atoms with van der Waals surface area (Å²) in [5.74, 6) is 0.689. The molecule has 0 aromatic carbocycles. The molecule has 0 atom stereocenters. The Morgan fingerprint density at radius 2 is 2.00 bits per heavy atom. The second kappa shape index (κ2) is 8.29. The van der Waals surface area contributed by atoms with Crippen LogP contribution in [0, 0.1) is 13.8 Å². The first-order valence-electron chi connectivity index (χ1n) is 7.85. The summed E-state index contributed by atoms with van der Waals surface area (Å²) in [6, 6.07) is 0. The molecule has 7 heteroatoms. The van der Waals surface area contributed by atoms with Crippen LogP contribution in [0.25, 0.3) is 0 Å². The van der Waals surface area contributed by atoms with E-state index in [0.29, 0.717) is 12.5 Å². The standard InChI is InChI=1S/C16H29N5OS/c1-8-17-15(18-9-14-19-11(2)12(3)23-14)21(7)10-13(22)20-16(4,5)6/h8-10H2,1-7H3,(H,17,18)(H,20,22). The number of rotatable bonds is 5. The van der Waals surface area contributed by atoms with Gasteiger partial charge in [-0.15, -0.1) is 11.3 Å². The lowest BCUT2D eigenvalue weighted by atomic mass is 10.1. The number of guanidine groups is 1. The molecule has 130 valence electrons. The predicted molar refractivity (Wildman–Crippen MR) is 96.9 cm³/mol. The lowest BCUT2D eigenvalue weighted by molar-refractivity contribution is -0.122. The van der Waals surface area contributed by atoms with Crippen molar-refractivity contribution in [2.24, 2.45) is 4.99 Å². The zero-order chi connectivity index (χ0) is 17.6. The number of nitrogens with zero attached hydrogens (tertiary/aromatic N) is 3. The van der Waals surface area contributed by atoms with Crippen molar-refractivity contribution in [2.75, 3.05) is 20.1 Å². The summed E-state index contributed by atoms with van der Waals surface area (Å²) < 4.78 is 0. The fourth-order valence-corrected chi connectivity index (χ4v) is 2.83. The van der Waals surface area contributed by atoms with Crippen LogP contribution in [0.15, 0.2) is 4.99 Å². The van der Waals surface area contributed by atoms with Crippen molar-refractivity contribution < 1.29 is 4.79 Å². The Balaban J connectivity index is 2.71. The van der Waals surface area contributed by atoms with E-state index in [4.69, 9.17) is 0 Å². The predicted octanol–water partition coefficient (Wildman–Crippen LogP) is 2.07. The van der Waals surface area contributed by atoms with E-state index in [2.05, 4.69) is 27.5 Å². The van der Waals surface area contributed by atoms with Gasteiger partial charge in [-0.05, 0) is 41.5 Å². The van der Waals surface area contributed by atoms with Crippen LogP contribution in [0.1, 0.15) is 43.3 Å². The summed E-state index contributed by atoms with van der Waals surface area (Å²) in [5, 5.41) is 7.16. The molecule has 1 amide bonds. The van der Waals surface area contributed by atoms with Gasteiger partial charge in [-0.1, -0.05) is 0 Å². The van der Waals surface area contributed by atoms with Crippen LogP contribution in [-0.2, 0) is 11.3 Å². The number of aromatic nitrogens is 1. The zero-order valence-electron chi connectivity index (χ0n) is 15.3. The number of hydrogen-bond acceptors (Lipinski definition) is 4. The van der Waals surface area contributed by atoms with Gasteiger partial charge in [0.15, 0.2) is 5.96 Å². The number of aryl methyl sites for hydroxylation is 2. The van der Waals surface area contributed by atoms with Crippen molar-refractivity contribution in [3.63, 3.8) is 0 Å². The van der Waals surface area contributed by atoms with Crippen LogP contribution in [0.4, 0.5) is 0 Å². The van der Waals surface area contributed by atoms with E-state index in [0.717, 1.165) is 17.2 Å². The van der Waals surface area contributed by atoms with Crippen LogP contribution < -0.4 is 10.6 Å². The van der Waals surface area contributed by atoms with Crippen LogP contribution in [0.3, 0.4) is 0 Å². The number of aliphatic imine (C=N–C) groups is 1. The molecule has 1 aromatic rings. The van der Waals surface area contributed by atoms with E-state index in [1.165, 1.54) is 4.88 Å². The summed E-state index contributed by atoms with van der Waals surface area (Å²) in [7, 11) is 1.86. The van der Waals surface area contributed by atoms with Gasteiger partial charge in [-0.2, -0.15) is 0 Å². The molecule has 0 aliphatic carbocycles. The molecule has 0 fully saturated rings. The molecule has 1 heterocycles. The highest BCUT2D eigenvalue weighted by Gasteiger charge is 2.16. The highest BCUT2D eigenvalue weighted by atomic mass is 32.1. The maximum atomic E-state index is 12.1. The smallest absolute Gasteiger partial charge is 0.240 e. The fraction of sp³-hybridized carbons (Fsp3) is 0.688. The molecule has 2 N–H and O–H groups in total. The van der Waals surface area contributed by atoms with Gasteiger partial charge in [0.1, 0.15) is 5.01 Å². The van der Waals surface area contributed by atoms with E-state index < -0.39 is 0 Å². The average Bonchev–Trinajstić information content (AvgIpc) is 2.71. The van der Waals surface area contributed by atoms with Crippen LogP contribution >= 0.6 is 11.3 Å². The Morgan fingerprint density at radius 1 is 1.35 bits per heavy atom. The third-order valence-corrected chi connectivity index (χ3v) is 4.09. The van der Waals surface area contributed by atoms with E-state index >= 15 is 0 Å². The van der Waals surface area contributed by atoms with Gasteiger partial charge in [0.25, 0.3) is 0 Å². The molecule has 0 spiro atoms. The van der Waals surface area contributed by atoms with Gasteiger partial charge in [0.2, 0.25) is 5.91 Å². The molecule has 23 heavy (non-hydrogen) atoms. The molecular formula is C16H29N5OS. The van der Waals surface area contributed by atoms with Crippen molar-refractivity contribution >= 4 is 23.2 Å². The lowest BCUT2D eigenvalue weighted by Gasteiger charge is -2.25. The average molecular weight is 340 g/mol. The fourth-order valence-electron chi connectivity index (χ4n) is 1.97. The van der Waals surface area contributed by atoms with Gasteiger partial charge in [0.05, 0.1) is 18.8 Å². The summed E-state index contributed by atoms with van der Waals surface area (Å²) in [6.07, 6.45) is 0.